The fourth-order valence-corrected chi connectivity index (χ4v) is 5.88. The van der Waals surface area contributed by atoms with E-state index in [4.69, 9.17) is 10.5 Å². The molecule has 0 radical (unpaired) electrons. The third kappa shape index (κ3) is 9.55. The Kier molecular flexibility index (Phi) is 12.0. The Labute approximate surface area is 221 Å². The van der Waals surface area contributed by atoms with Gasteiger partial charge in [0, 0.05) is 48.2 Å². The zero-order chi connectivity index (χ0) is 26.5. The van der Waals surface area contributed by atoms with Gasteiger partial charge in [0.2, 0.25) is 5.91 Å². The first-order chi connectivity index (χ1) is 18.0. The van der Waals surface area contributed by atoms with Crippen molar-refractivity contribution >= 4 is 29.6 Å². The van der Waals surface area contributed by atoms with E-state index in [0.29, 0.717) is 48.0 Å². The normalized spacial score (nSPS) is 20.6. The maximum atomic E-state index is 12.5. The van der Waals surface area contributed by atoms with E-state index in [1.807, 2.05) is 11.8 Å². The predicted molar refractivity (Wildman–Crippen MR) is 143 cm³/mol. The summed E-state index contributed by atoms with van der Waals surface area (Å²) in [6, 6.07) is 7.06. The fourth-order valence-electron chi connectivity index (χ4n) is 4.33. The van der Waals surface area contributed by atoms with Gasteiger partial charge in [0.05, 0.1) is 18.4 Å². The maximum Gasteiger partial charge on any atom is 0.315 e. The molecule has 0 saturated carbocycles. The summed E-state index contributed by atoms with van der Waals surface area (Å²) in [6.07, 6.45) is 6.40. The minimum absolute atomic E-state index is 0.0637. The van der Waals surface area contributed by atoms with Crippen molar-refractivity contribution in [3.05, 3.63) is 41.7 Å². The molecule has 9 nitrogen and oxygen atoms in total. The van der Waals surface area contributed by atoms with Gasteiger partial charge in [0.1, 0.15) is 12.4 Å². The first-order valence-corrected chi connectivity index (χ1v) is 14.0. The van der Waals surface area contributed by atoms with Crippen molar-refractivity contribution in [2.45, 2.75) is 62.3 Å². The average Bonchev–Trinajstić information content (AvgIpc) is 3.46. The molecular formula is C26H38FN5O4S. The highest BCUT2D eigenvalue weighted by atomic mass is 32.2. The number of carbonyl (C=O) groups is 3. The Morgan fingerprint density at radius 3 is 2.57 bits per heavy atom. The van der Waals surface area contributed by atoms with Crippen molar-refractivity contribution in [3.8, 4) is 5.75 Å². The van der Waals surface area contributed by atoms with E-state index in [0.717, 1.165) is 44.3 Å². The third-order valence-electron chi connectivity index (χ3n) is 6.50. The van der Waals surface area contributed by atoms with Crippen molar-refractivity contribution in [2.24, 2.45) is 5.73 Å². The molecule has 0 spiro atoms. The predicted octanol–water partition coefficient (Wildman–Crippen LogP) is 2.62. The number of halogens is 1. The average molecular weight is 536 g/mol. The van der Waals surface area contributed by atoms with Gasteiger partial charge < -0.3 is 31.7 Å². The SMILES string of the molecule is NC/C(=C\F)COc1ccc(C(=O)NCCCCCNC(=O)CCCCC2SCC3NC(=O)NC32)cc1. The number of benzene rings is 1. The van der Waals surface area contributed by atoms with E-state index in [1.165, 1.54) is 0 Å². The molecule has 2 saturated heterocycles. The van der Waals surface area contributed by atoms with Crippen LogP contribution in [0.5, 0.6) is 5.75 Å². The lowest BCUT2D eigenvalue weighted by Gasteiger charge is -2.16. The molecule has 3 unspecified atom stereocenters. The van der Waals surface area contributed by atoms with Crippen molar-refractivity contribution in [1.82, 2.24) is 21.3 Å². The molecule has 2 aliphatic heterocycles. The zero-order valence-corrected chi connectivity index (χ0v) is 21.9. The lowest BCUT2D eigenvalue weighted by molar-refractivity contribution is -0.121. The number of hydrogen-bond donors (Lipinski definition) is 5. The fraction of sp³-hybridized carbons (Fsp3) is 0.577. The first kappa shape index (κ1) is 28.8. The van der Waals surface area contributed by atoms with Crippen molar-refractivity contribution in [2.75, 3.05) is 32.0 Å². The Morgan fingerprint density at radius 2 is 1.84 bits per heavy atom. The van der Waals surface area contributed by atoms with Crippen LogP contribution in [-0.2, 0) is 4.79 Å². The minimum atomic E-state index is -0.163. The Morgan fingerprint density at radius 1 is 1.08 bits per heavy atom. The molecule has 3 atom stereocenters. The number of rotatable bonds is 16. The number of nitrogens with one attached hydrogen (secondary N) is 4. The van der Waals surface area contributed by atoms with Gasteiger partial charge in [-0.3, -0.25) is 9.59 Å². The topological polar surface area (TPSA) is 135 Å². The minimum Gasteiger partial charge on any atom is -0.489 e. The van der Waals surface area contributed by atoms with Gasteiger partial charge in [-0.15, -0.1) is 0 Å². The first-order valence-electron chi connectivity index (χ1n) is 12.9. The van der Waals surface area contributed by atoms with Crippen LogP contribution >= 0.6 is 11.8 Å². The number of carbonyl (C=O) groups excluding carboxylic acids is 3. The number of fused-ring (bicyclic) bond motifs is 1. The summed E-state index contributed by atoms with van der Waals surface area (Å²) in [4.78, 5) is 35.8. The number of hydrogen-bond acceptors (Lipinski definition) is 6. The van der Waals surface area contributed by atoms with Crippen LogP contribution < -0.4 is 31.7 Å². The third-order valence-corrected chi connectivity index (χ3v) is 8.01. The Balaban J connectivity index is 1.16. The second-order valence-corrected chi connectivity index (χ2v) is 10.6. The second-order valence-electron chi connectivity index (χ2n) is 9.32. The zero-order valence-electron chi connectivity index (χ0n) is 21.1. The number of ether oxygens (including phenoxy) is 1. The molecule has 11 heteroatoms. The van der Waals surface area contributed by atoms with E-state index < -0.39 is 0 Å². The molecule has 2 fully saturated rings. The lowest BCUT2D eigenvalue weighted by Crippen LogP contribution is -2.36. The van der Waals surface area contributed by atoms with Crippen LogP contribution in [0.2, 0.25) is 0 Å². The summed E-state index contributed by atoms with van der Waals surface area (Å²) in [7, 11) is 0. The summed E-state index contributed by atoms with van der Waals surface area (Å²) in [6.45, 7) is 1.35. The smallest absolute Gasteiger partial charge is 0.315 e. The largest absolute Gasteiger partial charge is 0.489 e. The van der Waals surface area contributed by atoms with Crippen LogP contribution in [0.15, 0.2) is 36.2 Å². The van der Waals surface area contributed by atoms with E-state index in [9.17, 15) is 18.8 Å². The Hall–Kier alpha value is -2.79. The second kappa shape index (κ2) is 15.5. The summed E-state index contributed by atoms with van der Waals surface area (Å²) in [5.74, 6) is 1.41. The molecule has 2 heterocycles. The maximum absolute atomic E-state index is 12.5. The highest BCUT2D eigenvalue weighted by molar-refractivity contribution is 8.00. The van der Waals surface area contributed by atoms with Crippen LogP contribution in [0.4, 0.5) is 9.18 Å². The van der Waals surface area contributed by atoms with Crippen LogP contribution in [0, 0.1) is 0 Å². The van der Waals surface area contributed by atoms with E-state index >= 15 is 0 Å². The van der Waals surface area contributed by atoms with Gasteiger partial charge in [-0.25, -0.2) is 9.18 Å². The van der Waals surface area contributed by atoms with Gasteiger partial charge in [0.15, 0.2) is 0 Å². The van der Waals surface area contributed by atoms with Crippen LogP contribution in [0.3, 0.4) is 0 Å². The number of nitrogens with two attached hydrogens (primary N) is 1. The monoisotopic (exact) mass is 535 g/mol. The quantitative estimate of drug-likeness (QED) is 0.163. The molecule has 2 aliphatic rings. The van der Waals surface area contributed by atoms with Crippen LogP contribution in [0.25, 0.3) is 0 Å². The lowest BCUT2D eigenvalue weighted by atomic mass is 10.0. The number of thioether (sulfide) groups is 1. The number of amides is 4. The molecule has 1 aromatic rings. The molecule has 0 aromatic heterocycles. The molecule has 4 amide bonds. The molecule has 6 N–H and O–H groups in total. The van der Waals surface area contributed by atoms with Gasteiger partial charge >= 0.3 is 6.03 Å². The van der Waals surface area contributed by atoms with E-state index in [1.54, 1.807) is 24.3 Å². The number of urea groups is 1. The van der Waals surface area contributed by atoms with Gasteiger partial charge in [0.25, 0.3) is 5.91 Å². The molecule has 204 valence electrons. The summed E-state index contributed by atoms with van der Waals surface area (Å²) in [5, 5.41) is 12.2. The van der Waals surface area contributed by atoms with Gasteiger partial charge in [-0.2, -0.15) is 11.8 Å². The van der Waals surface area contributed by atoms with Crippen LogP contribution in [0.1, 0.15) is 55.3 Å². The summed E-state index contributed by atoms with van der Waals surface area (Å²) < 4.78 is 18.0. The van der Waals surface area contributed by atoms with Crippen molar-refractivity contribution in [3.63, 3.8) is 0 Å². The van der Waals surface area contributed by atoms with Crippen molar-refractivity contribution in [1.29, 1.82) is 0 Å². The molecule has 0 bridgehead atoms. The van der Waals surface area contributed by atoms with E-state index in [-0.39, 0.29) is 43.1 Å². The molecule has 3 rings (SSSR count). The van der Waals surface area contributed by atoms with Gasteiger partial charge in [-0.05, 0) is 56.4 Å². The molecule has 37 heavy (non-hydrogen) atoms. The number of unbranched alkanes of at least 4 members (excludes halogenated alkanes) is 3. The van der Waals surface area contributed by atoms with Crippen LogP contribution in [-0.4, -0.2) is 67.2 Å². The molecule has 1 aromatic carbocycles. The highest BCUT2D eigenvalue weighted by Crippen LogP contribution is 2.33. The summed E-state index contributed by atoms with van der Waals surface area (Å²) in [5.41, 5.74) is 6.27. The molecule has 0 aliphatic carbocycles. The summed E-state index contributed by atoms with van der Waals surface area (Å²) >= 11 is 1.90. The highest BCUT2D eigenvalue weighted by Gasteiger charge is 2.42. The van der Waals surface area contributed by atoms with Gasteiger partial charge in [-0.1, -0.05) is 6.42 Å². The van der Waals surface area contributed by atoms with E-state index in [2.05, 4.69) is 21.3 Å². The molecular weight excluding hydrogens is 497 g/mol. The standard InChI is InChI=1S/C26H38FN5O4S/c27-14-18(15-28)16-36-20-10-8-19(9-11-20)25(34)30-13-5-1-4-12-29-23(33)7-3-2-6-22-24-21(17-37-22)31-26(35)32-24/h8-11,14,21-22,24H,1-7,12-13,15-17,28H2,(H,29,33)(H,30,34)(H2,31,32,35)/b18-14+. The van der Waals surface area contributed by atoms with Crippen molar-refractivity contribution < 1.29 is 23.5 Å². The Bertz CT molecular complexity index is 930.